The number of aromatic hydroxyl groups is 1. The van der Waals surface area contributed by atoms with Crippen molar-refractivity contribution >= 4 is 11.6 Å². The second-order valence-corrected chi connectivity index (χ2v) is 4.81. The second kappa shape index (κ2) is 6.23. The third kappa shape index (κ3) is 3.32. The highest BCUT2D eigenvalue weighted by atomic mass is 16.5. The summed E-state index contributed by atoms with van der Waals surface area (Å²) in [7, 11) is 1.58. The number of aromatic nitrogens is 1. The number of phenolic OH excluding ortho intramolecular Hbond substituents is 1. The zero-order valence-corrected chi connectivity index (χ0v) is 12.3. The molecule has 6 heteroatoms. The molecule has 0 saturated heterocycles. The number of amides is 1. The highest BCUT2D eigenvalue weighted by molar-refractivity contribution is 6.02. The Balaban J connectivity index is 1.79. The van der Waals surface area contributed by atoms with Gasteiger partial charge in [-0.25, -0.2) is 0 Å². The summed E-state index contributed by atoms with van der Waals surface area (Å²) >= 11 is 0. The molecule has 3 aromatic rings. The van der Waals surface area contributed by atoms with Crippen molar-refractivity contribution in [3.8, 4) is 22.8 Å². The van der Waals surface area contributed by atoms with Gasteiger partial charge in [0, 0.05) is 23.4 Å². The lowest BCUT2D eigenvalue weighted by molar-refractivity contribution is 0.0988. The predicted octanol–water partition coefficient (Wildman–Crippen LogP) is 3.31. The smallest absolute Gasteiger partial charge is 0.294 e. The van der Waals surface area contributed by atoms with E-state index in [-0.39, 0.29) is 11.5 Å². The van der Waals surface area contributed by atoms with E-state index in [0.29, 0.717) is 17.1 Å². The largest absolute Gasteiger partial charge is 0.508 e. The monoisotopic (exact) mass is 310 g/mol. The molecule has 2 N–H and O–H groups in total. The molecule has 1 amide bonds. The summed E-state index contributed by atoms with van der Waals surface area (Å²) < 4.78 is 10.3. The topological polar surface area (TPSA) is 84.6 Å². The molecule has 1 aromatic heterocycles. The van der Waals surface area contributed by atoms with Crippen LogP contribution in [0, 0.1) is 0 Å². The summed E-state index contributed by atoms with van der Waals surface area (Å²) in [6, 6.07) is 15.1. The summed E-state index contributed by atoms with van der Waals surface area (Å²) in [5, 5.41) is 15.9. The van der Waals surface area contributed by atoms with Crippen LogP contribution in [0.15, 0.2) is 59.1 Å². The Morgan fingerprint density at radius 3 is 2.78 bits per heavy atom. The van der Waals surface area contributed by atoms with E-state index >= 15 is 0 Å². The predicted molar refractivity (Wildman–Crippen MR) is 84.6 cm³/mol. The van der Waals surface area contributed by atoms with E-state index in [0.717, 1.165) is 5.56 Å². The average molecular weight is 310 g/mol. The molecule has 2 aromatic carbocycles. The molecule has 0 spiro atoms. The summed E-state index contributed by atoms with van der Waals surface area (Å²) in [4.78, 5) is 12.1. The number of carbonyl (C=O) groups excluding carboxylic acids is 1. The maximum Gasteiger partial charge on any atom is 0.294 e. The minimum atomic E-state index is -0.447. The molecule has 0 fully saturated rings. The second-order valence-electron chi connectivity index (χ2n) is 4.81. The zero-order chi connectivity index (χ0) is 16.2. The van der Waals surface area contributed by atoms with Gasteiger partial charge in [-0.2, -0.15) is 0 Å². The van der Waals surface area contributed by atoms with E-state index in [1.54, 1.807) is 31.4 Å². The molecule has 23 heavy (non-hydrogen) atoms. The van der Waals surface area contributed by atoms with Gasteiger partial charge < -0.3 is 19.7 Å². The quantitative estimate of drug-likeness (QED) is 0.772. The van der Waals surface area contributed by atoms with E-state index in [1.807, 2.05) is 18.2 Å². The van der Waals surface area contributed by atoms with Crippen LogP contribution in [0.5, 0.6) is 11.5 Å². The minimum absolute atomic E-state index is 0.0671. The molecule has 0 atom stereocenters. The first-order valence-corrected chi connectivity index (χ1v) is 6.87. The Hall–Kier alpha value is -3.28. The zero-order valence-electron chi connectivity index (χ0n) is 12.3. The number of nitrogens with one attached hydrogen (secondary N) is 1. The molecule has 0 radical (unpaired) electrons. The van der Waals surface area contributed by atoms with Crippen LogP contribution >= 0.6 is 0 Å². The Bertz CT molecular complexity index is 842. The van der Waals surface area contributed by atoms with Gasteiger partial charge in [0.1, 0.15) is 17.2 Å². The number of hydrogen-bond acceptors (Lipinski definition) is 5. The fraction of sp³-hybridized carbons (Fsp3) is 0.0588. The van der Waals surface area contributed by atoms with Gasteiger partial charge in [-0.15, -0.1) is 0 Å². The number of methoxy groups -OCH3 is 1. The molecule has 0 saturated carbocycles. The van der Waals surface area contributed by atoms with Crippen molar-refractivity contribution in [2.24, 2.45) is 0 Å². The number of phenols is 1. The lowest BCUT2D eigenvalue weighted by atomic mass is 10.1. The van der Waals surface area contributed by atoms with Crippen LogP contribution in [0.3, 0.4) is 0 Å². The lowest BCUT2D eigenvalue weighted by Crippen LogP contribution is -2.10. The Labute approximate surface area is 132 Å². The third-order valence-corrected chi connectivity index (χ3v) is 3.20. The van der Waals surface area contributed by atoms with Crippen LogP contribution in [0.1, 0.15) is 10.6 Å². The third-order valence-electron chi connectivity index (χ3n) is 3.20. The first kappa shape index (κ1) is 14.6. The summed E-state index contributed by atoms with van der Waals surface area (Å²) in [6.45, 7) is 0. The van der Waals surface area contributed by atoms with Gasteiger partial charge >= 0.3 is 0 Å². The van der Waals surface area contributed by atoms with Crippen LogP contribution in [-0.4, -0.2) is 23.3 Å². The highest BCUT2D eigenvalue weighted by Gasteiger charge is 2.14. The van der Waals surface area contributed by atoms with Crippen LogP contribution in [-0.2, 0) is 0 Å². The minimum Gasteiger partial charge on any atom is -0.508 e. The highest BCUT2D eigenvalue weighted by Crippen LogP contribution is 2.24. The fourth-order valence-corrected chi connectivity index (χ4v) is 2.08. The first-order chi connectivity index (χ1) is 11.2. The van der Waals surface area contributed by atoms with Crippen molar-refractivity contribution in [1.82, 2.24) is 5.16 Å². The molecule has 1 heterocycles. The number of hydrogen-bond donors (Lipinski definition) is 2. The maximum absolute atomic E-state index is 12.1. The van der Waals surface area contributed by atoms with Crippen molar-refractivity contribution in [2.45, 2.75) is 0 Å². The van der Waals surface area contributed by atoms with Crippen molar-refractivity contribution < 1.29 is 19.2 Å². The van der Waals surface area contributed by atoms with Crippen LogP contribution in [0.4, 0.5) is 5.69 Å². The van der Waals surface area contributed by atoms with Gasteiger partial charge in [0.15, 0.2) is 0 Å². The number of rotatable bonds is 4. The molecule has 116 valence electrons. The molecule has 0 aliphatic heterocycles. The Morgan fingerprint density at radius 2 is 2.00 bits per heavy atom. The van der Waals surface area contributed by atoms with E-state index in [2.05, 4.69) is 10.5 Å². The summed E-state index contributed by atoms with van der Waals surface area (Å²) in [6.07, 6.45) is 0. The Morgan fingerprint density at radius 1 is 1.17 bits per heavy atom. The standard InChI is InChI=1S/C17H14N2O4/c1-22-14-7-2-4-11(8-14)15-10-16(23-19-15)17(21)18-12-5-3-6-13(20)9-12/h2-10,20H,1H3,(H,18,21). The van der Waals surface area contributed by atoms with Gasteiger partial charge in [-0.1, -0.05) is 23.4 Å². The van der Waals surface area contributed by atoms with Crippen molar-refractivity contribution in [3.63, 3.8) is 0 Å². The van der Waals surface area contributed by atoms with Crippen LogP contribution < -0.4 is 10.1 Å². The SMILES string of the molecule is COc1cccc(-c2cc(C(=O)Nc3cccc(O)c3)on2)c1. The molecule has 6 nitrogen and oxygen atoms in total. The van der Waals surface area contributed by atoms with Gasteiger partial charge in [0.2, 0.25) is 5.76 Å². The van der Waals surface area contributed by atoms with Gasteiger partial charge in [0.05, 0.1) is 7.11 Å². The molecule has 0 aliphatic rings. The van der Waals surface area contributed by atoms with Crippen molar-refractivity contribution in [3.05, 3.63) is 60.4 Å². The van der Waals surface area contributed by atoms with E-state index in [9.17, 15) is 9.90 Å². The molecule has 0 aliphatic carbocycles. The number of nitrogens with zero attached hydrogens (tertiary/aromatic N) is 1. The lowest BCUT2D eigenvalue weighted by Gasteiger charge is -2.02. The molecular formula is C17H14N2O4. The first-order valence-electron chi connectivity index (χ1n) is 6.87. The van der Waals surface area contributed by atoms with Crippen molar-refractivity contribution in [1.29, 1.82) is 0 Å². The van der Waals surface area contributed by atoms with Gasteiger partial charge in [0.25, 0.3) is 5.91 Å². The van der Waals surface area contributed by atoms with Crippen LogP contribution in [0.25, 0.3) is 11.3 Å². The summed E-state index contributed by atoms with van der Waals surface area (Å²) in [5.74, 6) is 0.386. The normalized spacial score (nSPS) is 10.3. The number of anilines is 1. The number of benzene rings is 2. The number of ether oxygens (including phenoxy) is 1. The molecular weight excluding hydrogens is 296 g/mol. The van der Waals surface area contributed by atoms with E-state index in [1.165, 1.54) is 12.1 Å². The van der Waals surface area contributed by atoms with Crippen LogP contribution in [0.2, 0.25) is 0 Å². The van der Waals surface area contributed by atoms with E-state index in [4.69, 9.17) is 9.26 Å². The molecule has 0 bridgehead atoms. The Kier molecular flexibility index (Phi) is 3.97. The fourth-order valence-electron chi connectivity index (χ4n) is 2.08. The van der Waals surface area contributed by atoms with Crippen molar-refractivity contribution in [2.75, 3.05) is 12.4 Å². The van der Waals surface area contributed by atoms with Gasteiger partial charge in [-0.3, -0.25) is 4.79 Å². The van der Waals surface area contributed by atoms with E-state index < -0.39 is 5.91 Å². The molecule has 3 rings (SSSR count). The number of carbonyl (C=O) groups is 1. The average Bonchev–Trinajstić information content (AvgIpc) is 3.05. The maximum atomic E-state index is 12.1. The molecule has 0 unspecified atom stereocenters. The summed E-state index contributed by atoms with van der Waals surface area (Å²) in [5.41, 5.74) is 1.78. The van der Waals surface area contributed by atoms with Gasteiger partial charge in [-0.05, 0) is 24.3 Å².